The van der Waals surface area contributed by atoms with Gasteiger partial charge in [-0.15, -0.1) is 0 Å². The summed E-state index contributed by atoms with van der Waals surface area (Å²) in [6, 6.07) is 7.73. The molecule has 0 aromatic heterocycles. The third kappa shape index (κ3) is 4.43. The van der Waals surface area contributed by atoms with Gasteiger partial charge in [-0.05, 0) is 37.8 Å². The molecule has 3 nitrogen and oxygen atoms in total. The minimum atomic E-state index is -0.463. The summed E-state index contributed by atoms with van der Waals surface area (Å²) in [5, 5.41) is 9.98. The molecule has 0 heterocycles. The lowest BCUT2D eigenvalue weighted by Gasteiger charge is -2.36. The topological polar surface area (TPSA) is 38.7 Å². The Hall–Kier alpha value is -1.22. The Kier molecular flexibility index (Phi) is 5.08. The Morgan fingerprint density at radius 3 is 2.42 bits per heavy atom. The van der Waals surface area contributed by atoms with E-state index < -0.39 is 5.60 Å². The summed E-state index contributed by atoms with van der Waals surface area (Å²) in [6.45, 7) is 3.46. The maximum absolute atomic E-state index is 9.98. The molecule has 1 N–H and O–H groups in total. The number of benzene rings is 1. The first-order chi connectivity index (χ1) is 9.22. The van der Waals surface area contributed by atoms with Crippen molar-refractivity contribution in [1.29, 1.82) is 0 Å². The predicted molar refractivity (Wildman–Crippen MR) is 75.8 cm³/mol. The Morgan fingerprint density at radius 1 is 1.16 bits per heavy atom. The van der Waals surface area contributed by atoms with Crippen LogP contribution in [0.2, 0.25) is 0 Å². The molecule has 0 unspecified atom stereocenters. The van der Waals surface area contributed by atoms with Crippen molar-refractivity contribution in [3.05, 3.63) is 24.3 Å². The highest BCUT2D eigenvalue weighted by atomic mass is 16.5. The summed E-state index contributed by atoms with van der Waals surface area (Å²) in [4.78, 5) is 0. The van der Waals surface area contributed by atoms with Crippen molar-refractivity contribution in [3.8, 4) is 11.5 Å². The summed E-state index contributed by atoms with van der Waals surface area (Å²) in [6.07, 6.45) is 5.88. The SMILES string of the molecule is CCCCOc1cccc(OCCC2(O)CCC2)c1. The van der Waals surface area contributed by atoms with E-state index in [0.717, 1.165) is 50.2 Å². The van der Waals surface area contributed by atoms with Crippen LogP contribution >= 0.6 is 0 Å². The highest BCUT2D eigenvalue weighted by Crippen LogP contribution is 2.34. The number of hydrogen-bond donors (Lipinski definition) is 1. The minimum absolute atomic E-state index is 0.463. The van der Waals surface area contributed by atoms with Crippen molar-refractivity contribution in [2.45, 2.75) is 51.0 Å². The zero-order valence-corrected chi connectivity index (χ0v) is 11.7. The van der Waals surface area contributed by atoms with E-state index in [1.165, 1.54) is 0 Å². The van der Waals surface area contributed by atoms with Gasteiger partial charge in [0.1, 0.15) is 11.5 Å². The smallest absolute Gasteiger partial charge is 0.122 e. The van der Waals surface area contributed by atoms with Crippen LogP contribution in [0.15, 0.2) is 24.3 Å². The molecule has 3 heteroatoms. The van der Waals surface area contributed by atoms with Gasteiger partial charge in [-0.1, -0.05) is 19.4 Å². The fourth-order valence-corrected chi connectivity index (χ4v) is 2.18. The van der Waals surface area contributed by atoms with Gasteiger partial charge in [0.05, 0.1) is 18.8 Å². The van der Waals surface area contributed by atoms with E-state index in [1.807, 2.05) is 24.3 Å². The van der Waals surface area contributed by atoms with Crippen molar-refractivity contribution in [2.75, 3.05) is 13.2 Å². The standard InChI is InChI=1S/C16H24O3/c1-2-3-11-18-14-6-4-7-15(13-14)19-12-10-16(17)8-5-9-16/h4,6-7,13,17H,2-3,5,8-12H2,1H3. The molecule has 0 atom stereocenters. The molecule has 1 aliphatic carbocycles. The molecular formula is C16H24O3. The van der Waals surface area contributed by atoms with Gasteiger partial charge in [0.15, 0.2) is 0 Å². The van der Waals surface area contributed by atoms with Gasteiger partial charge in [-0.3, -0.25) is 0 Å². The molecule has 0 bridgehead atoms. The van der Waals surface area contributed by atoms with Crippen molar-refractivity contribution < 1.29 is 14.6 Å². The summed E-state index contributed by atoms with van der Waals surface area (Å²) >= 11 is 0. The number of aliphatic hydroxyl groups is 1. The molecule has 0 aliphatic heterocycles. The molecule has 1 aromatic rings. The van der Waals surface area contributed by atoms with E-state index in [4.69, 9.17) is 9.47 Å². The first-order valence-electron chi connectivity index (χ1n) is 7.30. The molecule has 0 radical (unpaired) electrons. The molecule has 19 heavy (non-hydrogen) atoms. The third-order valence-corrected chi connectivity index (χ3v) is 3.69. The zero-order chi connectivity index (χ0) is 13.6. The van der Waals surface area contributed by atoms with Gasteiger partial charge in [-0.25, -0.2) is 0 Å². The quantitative estimate of drug-likeness (QED) is 0.730. The summed E-state index contributed by atoms with van der Waals surface area (Å²) in [5.41, 5.74) is -0.463. The number of rotatable bonds is 8. The minimum Gasteiger partial charge on any atom is -0.493 e. The van der Waals surface area contributed by atoms with Gasteiger partial charge in [0, 0.05) is 12.5 Å². The number of hydrogen-bond acceptors (Lipinski definition) is 3. The third-order valence-electron chi connectivity index (χ3n) is 3.69. The van der Waals surface area contributed by atoms with Crippen LogP contribution in [-0.4, -0.2) is 23.9 Å². The molecular weight excluding hydrogens is 240 g/mol. The lowest BCUT2D eigenvalue weighted by atomic mass is 9.78. The van der Waals surface area contributed by atoms with Crippen LogP contribution in [0.4, 0.5) is 0 Å². The predicted octanol–water partition coefficient (Wildman–Crippen LogP) is 3.55. The lowest BCUT2D eigenvalue weighted by molar-refractivity contribution is -0.0482. The maximum atomic E-state index is 9.98. The summed E-state index contributed by atoms with van der Waals surface area (Å²) in [7, 11) is 0. The largest absolute Gasteiger partial charge is 0.493 e. The Bertz CT molecular complexity index is 385. The van der Waals surface area contributed by atoms with Gasteiger partial charge in [0.25, 0.3) is 0 Å². The Balaban J connectivity index is 1.74. The van der Waals surface area contributed by atoms with E-state index in [2.05, 4.69) is 6.92 Å². The fraction of sp³-hybridized carbons (Fsp3) is 0.625. The molecule has 0 spiro atoms. The number of ether oxygens (including phenoxy) is 2. The van der Waals surface area contributed by atoms with Crippen LogP contribution in [0.1, 0.15) is 45.4 Å². The second kappa shape index (κ2) is 6.80. The average Bonchev–Trinajstić information content (AvgIpc) is 2.38. The monoisotopic (exact) mass is 264 g/mol. The van der Waals surface area contributed by atoms with E-state index in [1.54, 1.807) is 0 Å². The van der Waals surface area contributed by atoms with Crippen molar-refractivity contribution >= 4 is 0 Å². The maximum Gasteiger partial charge on any atom is 0.122 e. The van der Waals surface area contributed by atoms with E-state index in [-0.39, 0.29) is 0 Å². The van der Waals surface area contributed by atoms with Gasteiger partial charge >= 0.3 is 0 Å². The second-order valence-corrected chi connectivity index (χ2v) is 5.35. The molecule has 1 fully saturated rings. The van der Waals surface area contributed by atoms with Gasteiger partial charge in [-0.2, -0.15) is 0 Å². The molecule has 1 aromatic carbocycles. The second-order valence-electron chi connectivity index (χ2n) is 5.35. The molecule has 0 saturated heterocycles. The van der Waals surface area contributed by atoms with Crippen LogP contribution in [0.5, 0.6) is 11.5 Å². The first kappa shape index (κ1) is 14.2. The first-order valence-corrected chi connectivity index (χ1v) is 7.30. The van der Waals surface area contributed by atoms with E-state index in [0.29, 0.717) is 13.0 Å². The molecule has 1 aliphatic rings. The lowest BCUT2D eigenvalue weighted by Crippen LogP contribution is -2.38. The van der Waals surface area contributed by atoms with Gasteiger partial charge in [0.2, 0.25) is 0 Å². The van der Waals surface area contributed by atoms with Crippen LogP contribution in [0.3, 0.4) is 0 Å². The summed E-state index contributed by atoms with van der Waals surface area (Å²) in [5.74, 6) is 1.67. The molecule has 1 saturated carbocycles. The Morgan fingerprint density at radius 2 is 1.84 bits per heavy atom. The average molecular weight is 264 g/mol. The highest BCUT2D eigenvalue weighted by Gasteiger charge is 2.33. The van der Waals surface area contributed by atoms with E-state index in [9.17, 15) is 5.11 Å². The van der Waals surface area contributed by atoms with Crippen LogP contribution in [0, 0.1) is 0 Å². The molecule has 106 valence electrons. The molecule has 0 amide bonds. The zero-order valence-electron chi connectivity index (χ0n) is 11.7. The van der Waals surface area contributed by atoms with Gasteiger partial charge < -0.3 is 14.6 Å². The fourth-order valence-electron chi connectivity index (χ4n) is 2.18. The van der Waals surface area contributed by atoms with E-state index >= 15 is 0 Å². The van der Waals surface area contributed by atoms with Crippen molar-refractivity contribution in [2.24, 2.45) is 0 Å². The van der Waals surface area contributed by atoms with Crippen LogP contribution in [-0.2, 0) is 0 Å². The highest BCUT2D eigenvalue weighted by molar-refractivity contribution is 5.32. The Labute approximate surface area is 115 Å². The van der Waals surface area contributed by atoms with Crippen molar-refractivity contribution in [3.63, 3.8) is 0 Å². The normalized spacial score (nSPS) is 16.7. The summed E-state index contributed by atoms with van der Waals surface area (Å²) < 4.78 is 11.3. The van der Waals surface area contributed by atoms with Crippen LogP contribution < -0.4 is 9.47 Å². The number of unbranched alkanes of at least 4 members (excludes halogenated alkanes) is 1. The van der Waals surface area contributed by atoms with Crippen LogP contribution in [0.25, 0.3) is 0 Å². The van der Waals surface area contributed by atoms with Crippen molar-refractivity contribution in [1.82, 2.24) is 0 Å². The molecule has 2 rings (SSSR count).